The molecule has 1 aliphatic rings. The molecule has 2 N–H and O–H groups in total. The maximum absolute atomic E-state index is 12.8. The van der Waals surface area contributed by atoms with Crippen LogP contribution in [0.3, 0.4) is 0 Å². The van der Waals surface area contributed by atoms with Crippen molar-refractivity contribution in [1.29, 1.82) is 0 Å². The Morgan fingerprint density at radius 1 is 1.19 bits per heavy atom. The predicted molar refractivity (Wildman–Crippen MR) is 121 cm³/mol. The molecule has 0 aliphatic heterocycles. The van der Waals surface area contributed by atoms with Gasteiger partial charge in [-0.15, -0.1) is 11.8 Å². The van der Waals surface area contributed by atoms with Crippen LogP contribution in [0, 0.1) is 6.92 Å². The zero-order chi connectivity index (χ0) is 21.5. The zero-order valence-corrected chi connectivity index (χ0v) is 17.7. The van der Waals surface area contributed by atoms with Crippen molar-refractivity contribution in [2.45, 2.75) is 36.6 Å². The van der Waals surface area contributed by atoms with Crippen LogP contribution >= 0.6 is 11.8 Å². The summed E-state index contributed by atoms with van der Waals surface area (Å²) in [7, 11) is 0. The molecule has 0 bridgehead atoms. The van der Waals surface area contributed by atoms with Crippen LogP contribution in [0.2, 0.25) is 0 Å². The Morgan fingerprint density at radius 3 is 2.81 bits per heavy atom. The van der Waals surface area contributed by atoms with Gasteiger partial charge in [-0.05, 0) is 49.6 Å². The maximum atomic E-state index is 12.8. The fourth-order valence-corrected chi connectivity index (χ4v) is 4.50. The largest absolute Gasteiger partial charge is 0.508 e. The van der Waals surface area contributed by atoms with Gasteiger partial charge in [-0.25, -0.2) is 9.78 Å². The number of benzene rings is 2. The third kappa shape index (κ3) is 3.88. The van der Waals surface area contributed by atoms with Crippen LogP contribution in [-0.2, 0) is 5.75 Å². The number of phenols is 1. The number of phenolic OH excluding ortho intramolecular Hbond substituents is 1. The van der Waals surface area contributed by atoms with E-state index in [0.29, 0.717) is 27.5 Å². The maximum Gasteiger partial charge on any atom is 0.336 e. The number of hydrogen-bond acceptors (Lipinski definition) is 6. The van der Waals surface area contributed by atoms with Crippen LogP contribution < -0.4 is 10.9 Å². The summed E-state index contributed by atoms with van der Waals surface area (Å²) in [6.07, 6.45) is 2.05. The molecule has 6 nitrogen and oxygen atoms in total. The number of aryl methyl sites for hydroxylation is 1. The Morgan fingerprint density at radius 2 is 2.00 bits per heavy atom. The first-order valence-corrected chi connectivity index (χ1v) is 11.1. The molecular formula is C24H20N2O4S. The van der Waals surface area contributed by atoms with Crippen molar-refractivity contribution in [2.24, 2.45) is 0 Å². The molecule has 0 radical (unpaired) electrons. The van der Waals surface area contributed by atoms with Gasteiger partial charge in [0.05, 0.1) is 16.1 Å². The van der Waals surface area contributed by atoms with Gasteiger partial charge >= 0.3 is 5.63 Å². The number of fused-ring (bicyclic) bond motifs is 2. The van der Waals surface area contributed by atoms with E-state index in [-0.39, 0.29) is 17.7 Å². The number of carbonyl (C=O) groups excluding carboxylic acids is 1. The van der Waals surface area contributed by atoms with Gasteiger partial charge in [-0.3, -0.25) is 4.79 Å². The lowest BCUT2D eigenvalue weighted by molar-refractivity contribution is 0.0952. The van der Waals surface area contributed by atoms with Crippen molar-refractivity contribution < 1.29 is 14.3 Å². The quantitative estimate of drug-likeness (QED) is 0.355. The van der Waals surface area contributed by atoms with Crippen molar-refractivity contribution >= 4 is 39.5 Å². The Hall–Kier alpha value is -3.32. The average Bonchev–Trinajstić information content (AvgIpc) is 3.58. The Bertz CT molecular complexity index is 1390. The third-order valence-electron chi connectivity index (χ3n) is 5.44. The minimum Gasteiger partial charge on any atom is -0.508 e. The van der Waals surface area contributed by atoms with Crippen LogP contribution in [0.4, 0.5) is 0 Å². The molecule has 0 atom stereocenters. The standard InChI is InChI=1S/C24H20N2O4S/c1-13-20(27)9-8-16-14(10-22(28)30-23(13)16)12-31-21-11-18(24(29)25-15-6-7-15)17-4-2-3-5-19(17)26-21/h2-5,8-11,15,27H,6-7,12H2,1H3,(H,25,29). The van der Waals surface area contributed by atoms with Gasteiger partial charge in [-0.1, -0.05) is 18.2 Å². The smallest absolute Gasteiger partial charge is 0.336 e. The van der Waals surface area contributed by atoms with E-state index in [0.717, 1.165) is 34.7 Å². The lowest BCUT2D eigenvalue weighted by Crippen LogP contribution is -2.25. The van der Waals surface area contributed by atoms with Crippen LogP contribution in [-0.4, -0.2) is 22.0 Å². The molecule has 1 fully saturated rings. The van der Waals surface area contributed by atoms with E-state index in [9.17, 15) is 14.7 Å². The second-order valence-corrected chi connectivity index (χ2v) is 8.73. The molecule has 1 aliphatic carbocycles. The summed E-state index contributed by atoms with van der Waals surface area (Å²) in [5.74, 6) is 0.476. The van der Waals surface area contributed by atoms with Gasteiger partial charge in [0.15, 0.2) is 0 Å². The second-order valence-electron chi connectivity index (χ2n) is 7.74. The highest BCUT2D eigenvalue weighted by Crippen LogP contribution is 2.32. The lowest BCUT2D eigenvalue weighted by atomic mass is 10.1. The monoisotopic (exact) mass is 432 g/mol. The van der Waals surface area contributed by atoms with Crippen LogP contribution in [0.1, 0.15) is 34.3 Å². The first-order valence-electron chi connectivity index (χ1n) is 10.1. The van der Waals surface area contributed by atoms with E-state index in [4.69, 9.17) is 9.40 Å². The fourth-order valence-electron chi connectivity index (χ4n) is 3.59. The van der Waals surface area contributed by atoms with Crippen molar-refractivity contribution in [2.75, 3.05) is 0 Å². The zero-order valence-electron chi connectivity index (χ0n) is 16.8. The first-order chi connectivity index (χ1) is 15.0. The topological polar surface area (TPSA) is 92.4 Å². The van der Waals surface area contributed by atoms with Gasteiger partial charge in [-0.2, -0.15) is 0 Å². The van der Waals surface area contributed by atoms with E-state index < -0.39 is 5.63 Å². The summed E-state index contributed by atoms with van der Waals surface area (Å²) in [4.78, 5) is 29.6. The van der Waals surface area contributed by atoms with Crippen LogP contribution in [0.5, 0.6) is 5.75 Å². The van der Waals surface area contributed by atoms with Gasteiger partial charge in [0.1, 0.15) is 11.3 Å². The van der Waals surface area contributed by atoms with Gasteiger partial charge in [0.25, 0.3) is 5.91 Å². The van der Waals surface area contributed by atoms with Crippen LogP contribution in [0.25, 0.3) is 21.9 Å². The van der Waals surface area contributed by atoms with Crippen molar-refractivity contribution in [3.05, 3.63) is 75.6 Å². The summed E-state index contributed by atoms with van der Waals surface area (Å²) >= 11 is 1.45. The molecule has 7 heteroatoms. The minimum atomic E-state index is -0.465. The molecule has 1 amide bonds. The molecular weight excluding hydrogens is 412 g/mol. The number of pyridine rings is 1. The van der Waals surface area contributed by atoms with Crippen molar-refractivity contribution in [1.82, 2.24) is 10.3 Å². The molecule has 156 valence electrons. The molecule has 0 saturated heterocycles. The Balaban J connectivity index is 1.51. The summed E-state index contributed by atoms with van der Waals surface area (Å²) in [6, 6.07) is 14.5. The highest BCUT2D eigenvalue weighted by Gasteiger charge is 2.25. The Labute approximate surface area is 182 Å². The normalized spacial score (nSPS) is 13.6. The molecule has 2 heterocycles. The molecule has 5 rings (SSSR count). The first kappa shape index (κ1) is 19.6. The van der Waals surface area contributed by atoms with E-state index in [1.165, 1.54) is 17.8 Å². The van der Waals surface area contributed by atoms with Crippen molar-refractivity contribution in [3.63, 3.8) is 0 Å². The third-order valence-corrected chi connectivity index (χ3v) is 6.40. The summed E-state index contributed by atoms with van der Waals surface area (Å²) < 4.78 is 5.32. The van der Waals surface area contributed by atoms with E-state index >= 15 is 0 Å². The molecule has 1 saturated carbocycles. The van der Waals surface area contributed by atoms with E-state index in [1.54, 1.807) is 19.1 Å². The van der Waals surface area contributed by atoms with Crippen molar-refractivity contribution in [3.8, 4) is 5.75 Å². The number of thioether (sulfide) groups is 1. The minimum absolute atomic E-state index is 0.0835. The molecule has 4 aromatic rings. The van der Waals surface area contributed by atoms with E-state index in [2.05, 4.69) is 5.32 Å². The number of hydrogen-bond donors (Lipinski definition) is 2. The number of nitrogens with one attached hydrogen (secondary N) is 1. The number of carbonyl (C=O) groups is 1. The molecule has 31 heavy (non-hydrogen) atoms. The number of aromatic nitrogens is 1. The SMILES string of the molecule is Cc1c(O)ccc2c(CSc3cc(C(=O)NC4CC4)c4ccccc4n3)cc(=O)oc12. The van der Waals surface area contributed by atoms with Gasteiger partial charge < -0.3 is 14.8 Å². The predicted octanol–water partition coefficient (Wildman–Crippen LogP) is 4.54. The molecule has 2 aromatic carbocycles. The molecule has 0 unspecified atom stereocenters. The molecule has 0 spiro atoms. The summed E-state index contributed by atoms with van der Waals surface area (Å²) in [5, 5.41) is 15.3. The highest BCUT2D eigenvalue weighted by molar-refractivity contribution is 7.98. The number of amides is 1. The average molecular weight is 433 g/mol. The number of nitrogens with zero attached hydrogens (tertiary/aromatic N) is 1. The van der Waals surface area contributed by atoms with E-state index in [1.807, 2.05) is 30.3 Å². The van der Waals surface area contributed by atoms with Gasteiger partial charge in [0.2, 0.25) is 0 Å². The summed E-state index contributed by atoms with van der Waals surface area (Å²) in [6.45, 7) is 1.72. The second kappa shape index (κ2) is 7.74. The molecule has 2 aromatic heterocycles. The van der Waals surface area contributed by atoms with Crippen LogP contribution in [0.15, 0.2) is 62.8 Å². The fraction of sp³-hybridized carbons (Fsp3) is 0.208. The lowest BCUT2D eigenvalue weighted by Gasteiger charge is -2.11. The van der Waals surface area contributed by atoms with Gasteiger partial charge in [0, 0.05) is 34.2 Å². The Kier molecular flexibility index (Phi) is 4.90. The number of para-hydroxylation sites is 1. The number of rotatable bonds is 5. The highest BCUT2D eigenvalue weighted by atomic mass is 32.2. The summed E-state index contributed by atoms with van der Waals surface area (Å²) in [5.41, 5.74) is 2.61. The number of aromatic hydroxyl groups is 1.